The van der Waals surface area contributed by atoms with E-state index in [1.165, 1.54) is 6.20 Å². The molecule has 1 aromatic heterocycles. The lowest BCUT2D eigenvalue weighted by molar-refractivity contribution is 0.138. The Bertz CT molecular complexity index is 964. The largest absolute Gasteiger partial charge is 0.474 e. The summed E-state index contributed by atoms with van der Waals surface area (Å²) in [5.41, 5.74) is 3.10. The molecule has 1 fully saturated rings. The molecule has 3 rings (SSSR count). The Morgan fingerprint density at radius 2 is 1.75 bits per heavy atom. The van der Waals surface area contributed by atoms with Gasteiger partial charge in [0.05, 0.1) is 10.5 Å². The van der Waals surface area contributed by atoms with Crippen LogP contribution in [0.3, 0.4) is 0 Å². The van der Waals surface area contributed by atoms with Gasteiger partial charge in [-0.05, 0) is 63.6 Å². The molecule has 7 heteroatoms. The van der Waals surface area contributed by atoms with Gasteiger partial charge in [-0.2, -0.15) is 5.26 Å². The molecule has 1 heterocycles. The third-order valence-corrected chi connectivity index (χ3v) is 6.85. The molecule has 1 aliphatic rings. The average molecular weight is 400 g/mol. The summed E-state index contributed by atoms with van der Waals surface area (Å²) in [5, 5.41) is 8.82. The molecule has 0 unspecified atom stereocenters. The van der Waals surface area contributed by atoms with Crippen molar-refractivity contribution in [3.8, 4) is 11.9 Å². The van der Waals surface area contributed by atoms with Gasteiger partial charge in [-0.3, -0.25) is 0 Å². The highest BCUT2D eigenvalue weighted by Crippen LogP contribution is 2.26. The first-order valence-corrected chi connectivity index (χ1v) is 10.9. The van der Waals surface area contributed by atoms with E-state index in [4.69, 9.17) is 10.00 Å². The number of sulfonamides is 1. The van der Waals surface area contributed by atoms with Crippen LogP contribution in [0.1, 0.15) is 47.9 Å². The van der Waals surface area contributed by atoms with Gasteiger partial charge in [0, 0.05) is 18.3 Å². The maximum atomic E-state index is 12.9. The molecule has 0 radical (unpaired) electrons. The van der Waals surface area contributed by atoms with E-state index in [2.05, 4.69) is 9.71 Å². The number of nitrogens with zero attached hydrogens (tertiary/aromatic N) is 2. The molecular formula is C21H25N3O3S. The zero-order valence-corrected chi connectivity index (χ0v) is 17.2. The molecule has 6 nitrogen and oxygen atoms in total. The normalized spacial score (nSPS) is 19.8. The summed E-state index contributed by atoms with van der Waals surface area (Å²) in [4.78, 5) is 4.52. The van der Waals surface area contributed by atoms with E-state index in [9.17, 15) is 8.42 Å². The lowest BCUT2D eigenvalue weighted by Gasteiger charge is -2.29. The number of rotatable bonds is 5. The minimum Gasteiger partial charge on any atom is -0.474 e. The van der Waals surface area contributed by atoms with Gasteiger partial charge < -0.3 is 4.74 Å². The number of hydrogen-bond acceptors (Lipinski definition) is 5. The first kappa shape index (κ1) is 20.3. The third-order valence-electron chi connectivity index (χ3n) is 5.02. The van der Waals surface area contributed by atoms with Crippen molar-refractivity contribution in [3.63, 3.8) is 0 Å². The summed E-state index contributed by atoms with van der Waals surface area (Å²) < 4.78 is 34.6. The van der Waals surface area contributed by atoms with E-state index in [-0.39, 0.29) is 12.1 Å². The lowest BCUT2D eigenvalue weighted by Crippen LogP contribution is -2.40. The fourth-order valence-corrected chi connectivity index (χ4v) is 5.61. The predicted molar refractivity (Wildman–Crippen MR) is 107 cm³/mol. The summed E-state index contributed by atoms with van der Waals surface area (Å²) >= 11 is 0. The van der Waals surface area contributed by atoms with E-state index in [0.29, 0.717) is 29.2 Å². The number of nitriles is 1. The molecule has 1 aliphatic carbocycles. The number of nitrogens with one attached hydrogen (secondary N) is 1. The summed E-state index contributed by atoms with van der Waals surface area (Å²) in [6.45, 7) is 5.64. The van der Waals surface area contributed by atoms with Crippen molar-refractivity contribution >= 4 is 10.0 Å². The molecular weight excluding hydrogens is 374 g/mol. The second kappa shape index (κ2) is 8.29. The van der Waals surface area contributed by atoms with Gasteiger partial charge in [0.15, 0.2) is 0 Å². The topological polar surface area (TPSA) is 92.1 Å². The minimum absolute atomic E-state index is 0.00374. The number of aromatic nitrogens is 1. The zero-order valence-electron chi connectivity index (χ0n) is 16.4. The zero-order chi connectivity index (χ0) is 20.3. The van der Waals surface area contributed by atoms with Crippen LogP contribution < -0.4 is 9.46 Å². The van der Waals surface area contributed by atoms with Crippen LogP contribution in [0.2, 0.25) is 0 Å². The standard InChI is InChI=1S/C21H25N3O3S/c1-14-10-15(2)21(16(3)11-14)28(25,26)24-18-5-7-19(8-6-18)27-20-9-4-17(12-22)13-23-20/h4,9-11,13,18-19,24H,5-8H2,1-3H3. The number of benzene rings is 1. The Morgan fingerprint density at radius 3 is 2.29 bits per heavy atom. The lowest BCUT2D eigenvalue weighted by atomic mass is 9.94. The number of hydrogen-bond donors (Lipinski definition) is 1. The van der Waals surface area contributed by atoms with Gasteiger partial charge >= 0.3 is 0 Å². The highest BCUT2D eigenvalue weighted by Gasteiger charge is 2.28. The van der Waals surface area contributed by atoms with E-state index in [1.54, 1.807) is 12.1 Å². The smallest absolute Gasteiger partial charge is 0.241 e. The quantitative estimate of drug-likeness (QED) is 0.830. The highest BCUT2D eigenvalue weighted by molar-refractivity contribution is 7.89. The summed E-state index contributed by atoms with van der Waals surface area (Å²) in [6.07, 6.45) is 4.42. The maximum Gasteiger partial charge on any atom is 0.241 e. The monoisotopic (exact) mass is 399 g/mol. The third kappa shape index (κ3) is 4.70. The van der Waals surface area contributed by atoms with Crippen LogP contribution >= 0.6 is 0 Å². The minimum atomic E-state index is -3.56. The molecule has 148 valence electrons. The van der Waals surface area contributed by atoms with Crippen LogP contribution in [0.4, 0.5) is 0 Å². The van der Waals surface area contributed by atoms with Crippen LogP contribution in [-0.4, -0.2) is 25.5 Å². The molecule has 0 atom stereocenters. The number of ether oxygens (including phenoxy) is 1. The maximum absolute atomic E-state index is 12.9. The first-order valence-electron chi connectivity index (χ1n) is 9.41. The molecule has 28 heavy (non-hydrogen) atoms. The molecule has 1 aromatic carbocycles. The van der Waals surface area contributed by atoms with E-state index >= 15 is 0 Å². The summed E-state index contributed by atoms with van der Waals surface area (Å²) in [6, 6.07) is 9.09. The Kier molecular flexibility index (Phi) is 6.01. The van der Waals surface area contributed by atoms with Crippen molar-refractivity contribution in [2.45, 2.75) is 63.5 Å². The van der Waals surface area contributed by atoms with Crippen LogP contribution in [0.5, 0.6) is 5.88 Å². The SMILES string of the molecule is Cc1cc(C)c(S(=O)(=O)NC2CCC(Oc3ccc(C#N)cn3)CC2)c(C)c1. The fraction of sp³-hybridized carbons (Fsp3) is 0.429. The second-order valence-electron chi connectivity index (χ2n) is 7.44. The number of pyridine rings is 1. The summed E-state index contributed by atoms with van der Waals surface area (Å²) in [5.74, 6) is 0.494. The van der Waals surface area contributed by atoms with Crippen molar-refractivity contribution in [3.05, 3.63) is 52.7 Å². The Labute approximate surface area is 166 Å². The van der Waals surface area contributed by atoms with Crippen molar-refractivity contribution in [1.82, 2.24) is 9.71 Å². The Morgan fingerprint density at radius 1 is 1.11 bits per heavy atom. The van der Waals surface area contributed by atoms with Crippen LogP contribution in [-0.2, 0) is 10.0 Å². The predicted octanol–water partition coefficient (Wildman–Crippen LogP) is 3.55. The van der Waals surface area contributed by atoms with Crippen molar-refractivity contribution in [2.75, 3.05) is 0 Å². The molecule has 0 spiro atoms. The molecule has 0 saturated heterocycles. The molecule has 1 N–H and O–H groups in total. The number of aryl methyl sites for hydroxylation is 3. The van der Waals surface area contributed by atoms with Gasteiger partial charge in [-0.25, -0.2) is 18.1 Å². The molecule has 0 amide bonds. The second-order valence-corrected chi connectivity index (χ2v) is 9.09. The van der Waals surface area contributed by atoms with Gasteiger partial charge in [0.1, 0.15) is 12.2 Å². The highest BCUT2D eigenvalue weighted by atomic mass is 32.2. The van der Waals surface area contributed by atoms with Crippen LogP contribution in [0.15, 0.2) is 35.4 Å². The van der Waals surface area contributed by atoms with Gasteiger partial charge in [0.2, 0.25) is 15.9 Å². The van der Waals surface area contributed by atoms with E-state index < -0.39 is 10.0 Å². The van der Waals surface area contributed by atoms with Crippen molar-refractivity contribution < 1.29 is 13.2 Å². The first-order chi connectivity index (χ1) is 13.3. The van der Waals surface area contributed by atoms with Crippen molar-refractivity contribution in [1.29, 1.82) is 5.26 Å². The molecule has 0 bridgehead atoms. The van der Waals surface area contributed by atoms with E-state index in [0.717, 1.165) is 29.5 Å². The molecule has 1 saturated carbocycles. The van der Waals surface area contributed by atoms with Crippen molar-refractivity contribution in [2.24, 2.45) is 0 Å². The van der Waals surface area contributed by atoms with E-state index in [1.807, 2.05) is 39.0 Å². The molecule has 2 aromatic rings. The average Bonchev–Trinajstić information content (AvgIpc) is 2.62. The van der Waals surface area contributed by atoms with Gasteiger partial charge in [-0.1, -0.05) is 17.7 Å². The van der Waals surface area contributed by atoms with Crippen LogP contribution in [0, 0.1) is 32.1 Å². The van der Waals surface area contributed by atoms with Gasteiger partial charge in [-0.15, -0.1) is 0 Å². The van der Waals surface area contributed by atoms with Crippen LogP contribution in [0.25, 0.3) is 0 Å². The Balaban J connectivity index is 1.60. The van der Waals surface area contributed by atoms with Gasteiger partial charge in [0.25, 0.3) is 0 Å². The molecule has 0 aliphatic heterocycles. The Hall–Kier alpha value is -2.43. The summed E-state index contributed by atoms with van der Waals surface area (Å²) in [7, 11) is -3.56. The fourth-order valence-electron chi connectivity index (χ4n) is 3.85.